The second kappa shape index (κ2) is 9.11. The summed E-state index contributed by atoms with van der Waals surface area (Å²) in [6.07, 6.45) is 0. The molecular weight excluding hydrogens is 374 g/mol. The fourth-order valence-electron chi connectivity index (χ4n) is 3.57. The summed E-state index contributed by atoms with van der Waals surface area (Å²) in [6.45, 7) is 6.35. The third-order valence-corrected chi connectivity index (χ3v) is 5.50. The van der Waals surface area contributed by atoms with Crippen LogP contribution in [-0.2, 0) is 9.59 Å². The molecule has 5 nitrogen and oxygen atoms in total. The number of piperazine rings is 1. The Bertz CT molecular complexity index is 820. The molecule has 2 aromatic carbocycles. The lowest BCUT2D eigenvalue weighted by Gasteiger charge is -2.37. The Kier molecular flexibility index (Phi) is 6.57. The average Bonchev–Trinajstić information content (AvgIpc) is 2.72. The average molecular weight is 400 g/mol. The Hall–Kier alpha value is -2.53. The van der Waals surface area contributed by atoms with Gasteiger partial charge in [0.2, 0.25) is 11.8 Å². The molecule has 148 valence electrons. The van der Waals surface area contributed by atoms with Gasteiger partial charge >= 0.3 is 0 Å². The number of carbonyl (C=O) groups excluding carboxylic acids is 2. The zero-order valence-electron chi connectivity index (χ0n) is 16.3. The number of amides is 2. The van der Waals surface area contributed by atoms with Crippen LogP contribution in [-0.4, -0.2) is 54.3 Å². The third kappa shape index (κ3) is 4.84. The maximum absolute atomic E-state index is 12.8. The van der Waals surface area contributed by atoms with Gasteiger partial charge < -0.3 is 14.7 Å². The predicted molar refractivity (Wildman–Crippen MR) is 112 cm³/mol. The Morgan fingerprint density at radius 1 is 1.04 bits per heavy atom. The molecule has 2 amide bonds. The normalized spacial score (nSPS) is 15.2. The summed E-state index contributed by atoms with van der Waals surface area (Å²) >= 11 is 6.08. The van der Waals surface area contributed by atoms with Gasteiger partial charge in [-0.05, 0) is 30.7 Å². The van der Waals surface area contributed by atoms with Crippen molar-refractivity contribution >= 4 is 29.1 Å². The monoisotopic (exact) mass is 399 g/mol. The fraction of sp³-hybridized carbons (Fsp3) is 0.364. The zero-order valence-corrected chi connectivity index (χ0v) is 17.1. The molecule has 0 saturated carbocycles. The number of rotatable bonds is 5. The van der Waals surface area contributed by atoms with Crippen LogP contribution in [0.15, 0.2) is 54.6 Å². The van der Waals surface area contributed by atoms with E-state index in [0.717, 1.165) is 24.3 Å². The second-order valence-corrected chi connectivity index (χ2v) is 7.52. The van der Waals surface area contributed by atoms with E-state index in [2.05, 4.69) is 4.90 Å². The van der Waals surface area contributed by atoms with E-state index in [0.29, 0.717) is 18.1 Å². The summed E-state index contributed by atoms with van der Waals surface area (Å²) in [4.78, 5) is 30.7. The standard InChI is InChI=1S/C22H26ClN3O2/c1-17(19-7-4-3-5-8-19)26(18(2)27)16-22(28)25-13-11-24(12-14-25)21-10-6-9-20(23)15-21/h3-10,15,17H,11-14,16H2,1-2H3. The highest BCUT2D eigenvalue weighted by molar-refractivity contribution is 6.30. The maximum atomic E-state index is 12.8. The molecule has 0 aliphatic carbocycles. The van der Waals surface area contributed by atoms with Crippen LogP contribution in [0.25, 0.3) is 0 Å². The number of benzene rings is 2. The number of hydrogen-bond acceptors (Lipinski definition) is 3. The number of carbonyl (C=O) groups is 2. The van der Waals surface area contributed by atoms with E-state index in [1.165, 1.54) is 6.92 Å². The van der Waals surface area contributed by atoms with Crippen molar-refractivity contribution in [3.05, 3.63) is 65.2 Å². The van der Waals surface area contributed by atoms with Crippen LogP contribution in [0.3, 0.4) is 0 Å². The summed E-state index contributed by atoms with van der Waals surface area (Å²) in [5.41, 5.74) is 2.10. The smallest absolute Gasteiger partial charge is 0.242 e. The first kappa shape index (κ1) is 20.2. The molecule has 1 aliphatic heterocycles. The molecule has 0 N–H and O–H groups in total. The summed E-state index contributed by atoms with van der Waals surface area (Å²) in [7, 11) is 0. The minimum Gasteiger partial charge on any atom is -0.368 e. The Labute approximate surface area is 171 Å². The molecule has 0 aromatic heterocycles. The molecule has 1 unspecified atom stereocenters. The van der Waals surface area contributed by atoms with Gasteiger partial charge in [0.25, 0.3) is 0 Å². The molecule has 0 spiro atoms. The van der Waals surface area contributed by atoms with Gasteiger partial charge in [0, 0.05) is 43.8 Å². The zero-order chi connectivity index (χ0) is 20.1. The first-order valence-corrected chi connectivity index (χ1v) is 9.94. The van der Waals surface area contributed by atoms with Crippen LogP contribution in [0.1, 0.15) is 25.5 Å². The minimum absolute atomic E-state index is 0.0104. The van der Waals surface area contributed by atoms with Crippen molar-refractivity contribution in [2.24, 2.45) is 0 Å². The van der Waals surface area contributed by atoms with Gasteiger partial charge in [0.05, 0.1) is 6.04 Å². The Morgan fingerprint density at radius 3 is 2.32 bits per heavy atom. The molecule has 28 heavy (non-hydrogen) atoms. The first-order valence-electron chi connectivity index (χ1n) is 9.56. The highest BCUT2D eigenvalue weighted by Crippen LogP contribution is 2.22. The van der Waals surface area contributed by atoms with Crippen molar-refractivity contribution in [3.63, 3.8) is 0 Å². The molecule has 1 atom stereocenters. The molecule has 3 rings (SSSR count). The molecule has 0 radical (unpaired) electrons. The van der Waals surface area contributed by atoms with E-state index >= 15 is 0 Å². The molecule has 1 heterocycles. The number of halogens is 1. The quantitative estimate of drug-likeness (QED) is 0.771. The van der Waals surface area contributed by atoms with E-state index in [-0.39, 0.29) is 24.4 Å². The van der Waals surface area contributed by atoms with Crippen LogP contribution in [0.4, 0.5) is 5.69 Å². The van der Waals surface area contributed by atoms with Crippen molar-refractivity contribution in [3.8, 4) is 0 Å². The molecule has 1 aliphatic rings. The lowest BCUT2D eigenvalue weighted by molar-refractivity contribution is -0.141. The minimum atomic E-state index is -0.143. The van der Waals surface area contributed by atoms with Gasteiger partial charge in [-0.25, -0.2) is 0 Å². The molecule has 1 fully saturated rings. The van der Waals surface area contributed by atoms with Gasteiger partial charge in [-0.15, -0.1) is 0 Å². The number of anilines is 1. The first-order chi connectivity index (χ1) is 13.5. The highest BCUT2D eigenvalue weighted by Gasteiger charge is 2.26. The highest BCUT2D eigenvalue weighted by atomic mass is 35.5. The lowest BCUT2D eigenvalue weighted by Crippen LogP contribution is -2.52. The van der Waals surface area contributed by atoms with Gasteiger partial charge in [0.1, 0.15) is 6.54 Å². The Morgan fingerprint density at radius 2 is 1.71 bits per heavy atom. The fourth-order valence-corrected chi connectivity index (χ4v) is 3.75. The SMILES string of the molecule is CC(=O)N(CC(=O)N1CCN(c2cccc(Cl)c2)CC1)C(C)c1ccccc1. The van der Waals surface area contributed by atoms with Crippen molar-refractivity contribution < 1.29 is 9.59 Å². The topological polar surface area (TPSA) is 43.9 Å². The van der Waals surface area contributed by atoms with Crippen molar-refractivity contribution in [1.29, 1.82) is 0 Å². The van der Waals surface area contributed by atoms with Crippen LogP contribution in [0.5, 0.6) is 0 Å². The molecular formula is C22H26ClN3O2. The Balaban J connectivity index is 1.60. The van der Waals surface area contributed by atoms with E-state index in [1.54, 1.807) is 4.90 Å². The van der Waals surface area contributed by atoms with Crippen molar-refractivity contribution in [2.45, 2.75) is 19.9 Å². The van der Waals surface area contributed by atoms with Gasteiger partial charge in [-0.3, -0.25) is 9.59 Å². The van der Waals surface area contributed by atoms with Gasteiger partial charge in [-0.2, -0.15) is 0 Å². The van der Waals surface area contributed by atoms with Crippen molar-refractivity contribution in [2.75, 3.05) is 37.6 Å². The summed E-state index contributed by atoms with van der Waals surface area (Å²) in [6, 6.07) is 17.4. The van der Waals surface area contributed by atoms with Crippen LogP contribution < -0.4 is 4.90 Å². The maximum Gasteiger partial charge on any atom is 0.242 e. The van der Waals surface area contributed by atoms with E-state index in [4.69, 9.17) is 11.6 Å². The molecule has 2 aromatic rings. The molecule has 6 heteroatoms. The van der Waals surface area contributed by atoms with E-state index in [9.17, 15) is 9.59 Å². The molecule has 0 bridgehead atoms. The van der Waals surface area contributed by atoms with Crippen LogP contribution in [0, 0.1) is 0 Å². The third-order valence-electron chi connectivity index (χ3n) is 5.27. The van der Waals surface area contributed by atoms with E-state index in [1.807, 2.05) is 66.4 Å². The summed E-state index contributed by atoms with van der Waals surface area (Å²) in [5, 5.41) is 0.711. The number of nitrogens with zero attached hydrogens (tertiary/aromatic N) is 3. The summed E-state index contributed by atoms with van der Waals surface area (Å²) in [5.74, 6) is -0.106. The number of hydrogen-bond donors (Lipinski definition) is 0. The van der Waals surface area contributed by atoms with Crippen molar-refractivity contribution in [1.82, 2.24) is 9.80 Å². The lowest BCUT2D eigenvalue weighted by atomic mass is 10.1. The summed E-state index contributed by atoms with van der Waals surface area (Å²) < 4.78 is 0. The second-order valence-electron chi connectivity index (χ2n) is 7.08. The largest absolute Gasteiger partial charge is 0.368 e. The van der Waals surface area contributed by atoms with E-state index < -0.39 is 0 Å². The van der Waals surface area contributed by atoms with Crippen LogP contribution in [0.2, 0.25) is 5.02 Å². The molecule has 1 saturated heterocycles. The predicted octanol–water partition coefficient (Wildman–Crippen LogP) is 3.60. The van der Waals surface area contributed by atoms with Crippen LogP contribution >= 0.6 is 11.6 Å². The van der Waals surface area contributed by atoms with Gasteiger partial charge in [0.15, 0.2) is 0 Å². The van der Waals surface area contributed by atoms with Gasteiger partial charge in [-0.1, -0.05) is 48.0 Å².